The molecule has 2 N–H and O–H groups in total. The molecule has 0 radical (unpaired) electrons. The van der Waals surface area contributed by atoms with Crippen LogP contribution in [0.15, 0.2) is 0 Å². The zero-order valence-electron chi connectivity index (χ0n) is 7.68. The molecule has 0 saturated carbocycles. The highest BCUT2D eigenvalue weighted by atomic mass is 19.3. The molecule has 2 nitrogen and oxygen atoms in total. The molecular weight excluding hydrogens is 174 g/mol. The van der Waals surface area contributed by atoms with Crippen LogP contribution in [0.4, 0.5) is 8.78 Å². The number of hydrogen-bond donors (Lipinski definition) is 1. The molecule has 0 aromatic heterocycles. The molecule has 2 rings (SSSR count). The number of alkyl halides is 2. The van der Waals surface area contributed by atoms with E-state index in [1.165, 1.54) is 0 Å². The molecule has 2 aliphatic rings. The number of halogens is 2. The molecule has 76 valence electrons. The lowest BCUT2D eigenvalue weighted by atomic mass is 9.87. The number of nitrogens with two attached hydrogens (primary N) is 1. The van der Waals surface area contributed by atoms with E-state index in [1.807, 2.05) is 0 Å². The summed E-state index contributed by atoms with van der Waals surface area (Å²) in [6.07, 6.45) is 1.11. The monoisotopic (exact) mass is 190 g/mol. The van der Waals surface area contributed by atoms with Crippen molar-refractivity contribution in [1.29, 1.82) is 0 Å². The molecule has 0 aromatic carbocycles. The summed E-state index contributed by atoms with van der Waals surface area (Å²) in [4.78, 5) is 2.13. The van der Waals surface area contributed by atoms with Crippen molar-refractivity contribution in [3.05, 3.63) is 0 Å². The van der Waals surface area contributed by atoms with E-state index in [1.54, 1.807) is 0 Å². The van der Waals surface area contributed by atoms with Gasteiger partial charge in [0.05, 0.1) is 5.54 Å². The van der Waals surface area contributed by atoms with Crippen LogP contribution in [0.3, 0.4) is 0 Å². The van der Waals surface area contributed by atoms with E-state index in [4.69, 9.17) is 5.73 Å². The van der Waals surface area contributed by atoms with Crippen molar-refractivity contribution in [2.24, 2.45) is 5.73 Å². The van der Waals surface area contributed by atoms with Gasteiger partial charge in [-0.3, -0.25) is 4.90 Å². The van der Waals surface area contributed by atoms with E-state index in [0.29, 0.717) is 6.42 Å². The number of hydrogen-bond acceptors (Lipinski definition) is 2. The normalized spacial score (nSPS) is 41.1. The molecule has 0 aromatic rings. The van der Waals surface area contributed by atoms with Gasteiger partial charge in [-0.25, -0.2) is 8.78 Å². The molecule has 0 amide bonds. The number of fused-ring (bicyclic) bond motifs is 1. The van der Waals surface area contributed by atoms with Crippen molar-refractivity contribution in [2.45, 2.75) is 43.7 Å². The van der Waals surface area contributed by atoms with Crippen LogP contribution >= 0.6 is 0 Å². The summed E-state index contributed by atoms with van der Waals surface area (Å²) in [7, 11) is 0. The van der Waals surface area contributed by atoms with Crippen molar-refractivity contribution < 1.29 is 8.78 Å². The van der Waals surface area contributed by atoms with E-state index in [-0.39, 0.29) is 6.04 Å². The molecule has 2 saturated heterocycles. The van der Waals surface area contributed by atoms with Gasteiger partial charge in [-0.15, -0.1) is 0 Å². The third kappa shape index (κ3) is 1.36. The molecule has 2 atom stereocenters. The standard InChI is InChI=1S/C9H16F2N2/c10-8(11)9(12)4-6-13-5-2-1-3-7(9)13/h7-8H,1-6,12H2. The molecule has 0 aliphatic carbocycles. The molecule has 0 spiro atoms. The lowest BCUT2D eigenvalue weighted by Gasteiger charge is -2.37. The predicted octanol–water partition coefficient (Wildman–Crippen LogP) is 1.21. The molecule has 0 bridgehead atoms. The summed E-state index contributed by atoms with van der Waals surface area (Å²) >= 11 is 0. The lowest BCUT2D eigenvalue weighted by Crippen LogP contribution is -2.57. The van der Waals surface area contributed by atoms with Crippen LogP contribution in [0.1, 0.15) is 25.7 Å². The predicted molar refractivity (Wildman–Crippen MR) is 46.8 cm³/mol. The molecule has 2 heterocycles. The first kappa shape index (κ1) is 9.34. The van der Waals surface area contributed by atoms with Gasteiger partial charge >= 0.3 is 0 Å². The fourth-order valence-electron chi connectivity index (χ4n) is 2.63. The zero-order valence-corrected chi connectivity index (χ0v) is 7.68. The fraction of sp³-hybridized carbons (Fsp3) is 1.00. The summed E-state index contributed by atoms with van der Waals surface area (Å²) in [6, 6.07) is -0.0683. The summed E-state index contributed by atoms with van der Waals surface area (Å²) < 4.78 is 25.5. The number of piperidine rings is 1. The maximum atomic E-state index is 12.7. The third-order valence-electron chi connectivity index (χ3n) is 3.47. The second-order valence-corrected chi connectivity index (χ2v) is 4.21. The van der Waals surface area contributed by atoms with Gasteiger partial charge in [-0.1, -0.05) is 6.42 Å². The van der Waals surface area contributed by atoms with Crippen LogP contribution < -0.4 is 5.73 Å². The van der Waals surface area contributed by atoms with Crippen molar-refractivity contribution in [2.75, 3.05) is 13.1 Å². The highest BCUT2D eigenvalue weighted by molar-refractivity contribution is 5.06. The Morgan fingerprint density at radius 3 is 2.77 bits per heavy atom. The summed E-state index contributed by atoms with van der Waals surface area (Å²) in [5, 5.41) is 0. The van der Waals surface area contributed by atoms with Crippen LogP contribution in [0.5, 0.6) is 0 Å². The van der Waals surface area contributed by atoms with Crippen LogP contribution in [0.25, 0.3) is 0 Å². The van der Waals surface area contributed by atoms with Gasteiger partial charge in [0.15, 0.2) is 0 Å². The highest BCUT2D eigenvalue weighted by Gasteiger charge is 2.50. The van der Waals surface area contributed by atoms with Crippen molar-refractivity contribution in [3.63, 3.8) is 0 Å². The Morgan fingerprint density at radius 1 is 1.31 bits per heavy atom. The van der Waals surface area contributed by atoms with Crippen LogP contribution in [0, 0.1) is 0 Å². The first-order chi connectivity index (χ1) is 6.14. The summed E-state index contributed by atoms with van der Waals surface area (Å²) in [5.41, 5.74) is 4.54. The van der Waals surface area contributed by atoms with Crippen LogP contribution in [-0.2, 0) is 0 Å². The van der Waals surface area contributed by atoms with Gasteiger partial charge in [-0.2, -0.15) is 0 Å². The Bertz CT molecular complexity index is 198. The Labute approximate surface area is 77.1 Å². The van der Waals surface area contributed by atoms with E-state index in [2.05, 4.69) is 4.90 Å². The third-order valence-corrected chi connectivity index (χ3v) is 3.47. The van der Waals surface area contributed by atoms with Crippen molar-refractivity contribution in [1.82, 2.24) is 4.90 Å². The minimum atomic E-state index is -2.37. The van der Waals surface area contributed by atoms with Gasteiger partial charge in [0, 0.05) is 12.6 Å². The number of rotatable bonds is 1. The quantitative estimate of drug-likeness (QED) is 0.673. The smallest absolute Gasteiger partial charge is 0.257 e. The Hall–Kier alpha value is -0.220. The van der Waals surface area contributed by atoms with Crippen molar-refractivity contribution >= 4 is 0 Å². The second-order valence-electron chi connectivity index (χ2n) is 4.21. The Kier molecular flexibility index (Phi) is 2.28. The minimum Gasteiger partial charge on any atom is -0.319 e. The molecule has 2 unspecified atom stereocenters. The van der Waals surface area contributed by atoms with Gasteiger partial charge in [0.1, 0.15) is 0 Å². The topological polar surface area (TPSA) is 29.3 Å². The zero-order chi connectivity index (χ0) is 9.47. The molecule has 2 aliphatic heterocycles. The minimum absolute atomic E-state index is 0.0683. The number of nitrogens with zero attached hydrogens (tertiary/aromatic N) is 1. The van der Waals surface area contributed by atoms with Crippen LogP contribution in [0.2, 0.25) is 0 Å². The van der Waals surface area contributed by atoms with Crippen molar-refractivity contribution in [3.8, 4) is 0 Å². The molecular formula is C9H16F2N2. The summed E-state index contributed by atoms with van der Waals surface area (Å²) in [5.74, 6) is 0. The lowest BCUT2D eigenvalue weighted by molar-refractivity contribution is 0.0202. The first-order valence-corrected chi connectivity index (χ1v) is 4.95. The Balaban J connectivity index is 2.14. The molecule has 13 heavy (non-hydrogen) atoms. The summed E-state index contributed by atoms with van der Waals surface area (Å²) in [6.45, 7) is 1.71. The average molecular weight is 190 g/mol. The molecule has 4 heteroatoms. The van der Waals surface area contributed by atoms with E-state index in [9.17, 15) is 8.78 Å². The second kappa shape index (κ2) is 3.17. The van der Waals surface area contributed by atoms with E-state index in [0.717, 1.165) is 32.4 Å². The fourth-order valence-corrected chi connectivity index (χ4v) is 2.63. The maximum absolute atomic E-state index is 12.7. The Morgan fingerprint density at radius 2 is 2.08 bits per heavy atom. The SMILES string of the molecule is NC1(C(F)F)CCN2CCCCC21. The van der Waals surface area contributed by atoms with Gasteiger partial charge < -0.3 is 5.73 Å². The van der Waals surface area contributed by atoms with Gasteiger partial charge in [0.25, 0.3) is 6.43 Å². The van der Waals surface area contributed by atoms with Gasteiger partial charge in [-0.05, 0) is 25.8 Å². The van der Waals surface area contributed by atoms with Gasteiger partial charge in [0.2, 0.25) is 0 Å². The average Bonchev–Trinajstić information content (AvgIpc) is 2.47. The first-order valence-electron chi connectivity index (χ1n) is 4.95. The van der Waals surface area contributed by atoms with E-state index < -0.39 is 12.0 Å². The largest absolute Gasteiger partial charge is 0.319 e. The van der Waals surface area contributed by atoms with Crippen LogP contribution in [-0.4, -0.2) is 36.0 Å². The molecule has 2 fully saturated rings. The maximum Gasteiger partial charge on any atom is 0.257 e. The highest BCUT2D eigenvalue weighted by Crippen LogP contribution is 2.36. The van der Waals surface area contributed by atoms with E-state index >= 15 is 0 Å².